The number of rotatable bonds is 4. The van der Waals surface area contributed by atoms with Gasteiger partial charge in [-0.25, -0.2) is 0 Å². The third-order valence-corrected chi connectivity index (χ3v) is 5.46. The molecule has 3 unspecified atom stereocenters. The van der Waals surface area contributed by atoms with Crippen molar-refractivity contribution in [2.75, 3.05) is 46.4 Å². The van der Waals surface area contributed by atoms with Gasteiger partial charge in [-0.05, 0) is 13.8 Å². The van der Waals surface area contributed by atoms with Crippen molar-refractivity contribution in [3.63, 3.8) is 0 Å². The highest BCUT2D eigenvalue weighted by Gasteiger charge is 2.34. The first-order chi connectivity index (χ1) is 9.39. The third-order valence-electron chi connectivity index (χ3n) is 3.57. The number of ether oxygens (including phenoxy) is 2. The SMILES string of the molecule is CC1CN(S(=O)(=O)N(C)CC2CNCCO2)CC(C)O1. The second kappa shape index (κ2) is 6.67. The molecule has 2 fully saturated rings. The third kappa shape index (κ3) is 3.90. The van der Waals surface area contributed by atoms with Gasteiger partial charge in [-0.3, -0.25) is 0 Å². The lowest BCUT2D eigenvalue weighted by molar-refractivity contribution is -0.0458. The summed E-state index contributed by atoms with van der Waals surface area (Å²) in [7, 11) is -1.84. The van der Waals surface area contributed by atoms with Crippen molar-refractivity contribution >= 4 is 10.2 Å². The van der Waals surface area contributed by atoms with Crippen LogP contribution in [0.1, 0.15) is 13.8 Å². The fourth-order valence-electron chi connectivity index (χ4n) is 2.63. The predicted octanol–water partition coefficient (Wildman–Crippen LogP) is -0.739. The molecule has 0 aromatic heterocycles. The molecule has 0 saturated carbocycles. The van der Waals surface area contributed by atoms with Gasteiger partial charge in [0.05, 0.1) is 24.9 Å². The minimum Gasteiger partial charge on any atom is -0.374 e. The fraction of sp³-hybridized carbons (Fsp3) is 1.00. The summed E-state index contributed by atoms with van der Waals surface area (Å²) in [4.78, 5) is 0. The van der Waals surface area contributed by atoms with Crippen molar-refractivity contribution in [3.05, 3.63) is 0 Å². The first kappa shape index (κ1) is 16.1. The standard InChI is InChI=1S/C12H25N3O4S/c1-10-7-15(8-11(2)19-10)20(16,17)14(3)9-12-6-13-4-5-18-12/h10-13H,4-9H2,1-3H3. The molecule has 2 rings (SSSR count). The van der Waals surface area contributed by atoms with Gasteiger partial charge in [-0.2, -0.15) is 17.0 Å². The Bertz CT molecular complexity index is 401. The van der Waals surface area contributed by atoms with Crippen LogP contribution in [-0.2, 0) is 19.7 Å². The van der Waals surface area contributed by atoms with Crippen molar-refractivity contribution in [1.82, 2.24) is 13.9 Å². The molecule has 8 heteroatoms. The van der Waals surface area contributed by atoms with Crippen LogP contribution in [0.15, 0.2) is 0 Å². The Hall–Kier alpha value is -0.250. The van der Waals surface area contributed by atoms with Gasteiger partial charge in [0.25, 0.3) is 10.2 Å². The Balaban J connectivity index is 1.97. The topological polar surface area (TPSA) is 71.1 Å². The molecule has 0 spiro atoms. The second-order valence-electron chi connectivity index (χ2n) is 5.56. The second-order valence-corrected chi connectivity index (χ2v) is 7.59. The smallest absolute Gasteiger partial charge is 0.281 e. The normalized spacial score (nSPS) is 33.5. The fourth-order valence-corrected chi connectivity index (χ4v) is 4.18. The van der Waals surface area contributed by atoms with Crippen LogP contribution in [0.4, 0.5) is 0 Å². The van der Waals surface area contributed by atoms with Gasteiger partial charge in [0.15, 0.2) is 0 Å². The van der Waals surface area contributed by atoms with Crippen molar-refractivity contribution in [1.29, 1.82) is 0 Å². The van der Waals surface area contributed by atoms with Gasteiger partial charge < -0.3 is 14.8 Å². The lowest BCUT2D eigenvalue weighted by atomic mass is 10.3. The van der Waals surface area contributed by atoms with Crippen LogP contribution in [0, 0.1) is 0 Å². The Kier molecular flexibility index (Phi) is 5.38. The molecule has 0 aromatic rings. The van der Waals surface area contributed by atoms with Gasteiger partial charge in [0.1, 0.15) is 0 Å². The van der Waals surface area contributed by atoms with Crippen LogP contribution in [0.25, 0.3) is 0 Å². The summed E-state index contributed by atoms with van der Waals surface area (Å²) < 4.78 is 39.2. The Morgan fingerprint density at radius 2 is 1.95 bits per heavy atom. The van der Waals surface area contributed by atoms with Gasteiger partial charge in [0, 0.05) is 39.8 Å². The summed E-state index contributed by atoms with van der Waals surface area (Å²) in [5, 5.41) is 3.21. The molecule has 0 amide bonds. The van der Waals surface area contributed by atoms with Crippen LogP contribution in [0.2, 0.25) is 0 Å². The molecular weight excluding hydrogens is 282 g/mol. The average molecular weight is 307 g/mol. The molecule has 2 heterocycles. The molecule has 2 saturated heterocycles. The zero-order chi connectivity index (χ0) is 14.8. The van der Waals surface area contributed by atoms with Crippen LogP contribution in [0.3, 0.4) is 0 Å². The number of hydrogen-bond acceptors (Lipinski definition) is 5. The van der Waals surface area contributed by atoms with Crippen molar-refractivity contribution in [2.45, 2.75) is 32.2 Å². The molecule has 0 aliphatic carbocycles. The summed E-state index contributed by atoms with van der Waals surface area (Å²) in [6.07, 6.45) is -0.233. The van der Waals surface area contributed by atoms with E-state index in [0.29, 0.717) is 32.8 Å². The maximum Gasteiger partial charge on any atom is 0.281 e. The van der Waals surface area contributed by atoms with E-state index in [1.54, 1.807) is 7.05 Å². The number of morpholine rings is 2. The van der Waals surface area contributed by atoms with Crippen molar-refractivity contribution in [2.24, 2.45) is 0 Å². The summed E-state index contributed by atoms with van der Waals surface area (Å²) >= 11 is 0. The summed E-state index contributed by atoms with van der Waals surface area (Å²) in [5.74, 6) is 0. The first-order valence-corrected chi connectivity index (χ1v) is 8.48. The zero-order valence-electron chi connectivity index (χ0n) is 12.4. The zero-order valence-corrected chi connectivity index (χ0v) is 13.2. The highest BCUT2D eigenvalue weighted by atomic mass is 32.2. The van der Waals surface area contributed by atoms with E-state index < -0.39 is 10.2 Å². The molecule has 3 atom stereocenters. The monoisotopic (exact) mass is 307 g/mol. The van der Waals surface area contributed by atoms with E-state index in [9.17, 15) is 8.42 Å². The maximum atomic E-state index is 12.6. The number of nitrogens with one attached hydrogen (secondary N) is 1. The van der Waals surface area contributed by atoms with Crippen LogP contribution in [0.5, 0.6) is 0 Å². The van der Waals surface area contributed by atoms with E-state index in [1.807, 2.05) is 13.8 Å². The molecule has 0 radical (unpaired) electrons. The maximum absolute atomic E-state index is 12.6. The molecule has 0 aromatic carbocycles. The Morgan fingerprint density at radius 3 is 2.50 bits per heavy atom. The van der Waals surface area contributed by atoms with E-state index in [0.717, 1.165) is 6.54 Å². The highest BCUT2D eigenvalue weighted by molar-refractivity contribution is 7.86. The van der Waals surface area contributed by atoms with Crippen LogP contribution >= 0.6 is 0 Å². The van der Waals surface area contributed by atoms with Crippen molar-refractivity contribution in [3.8, 4) is 0 Å². The minimum atomic E-state index is -3.45. The number of hydrogen-bond donors (Lipinski definition) is 1. The van der Waals surface area contributed by atoms with E-state index in [-0.39, 0.29) is 18.3 Å². The van der Waals surface area contributed by atoms with Crippen LogP contribution < -0.4 is 5.32 Å². The summed E-state index contributed by atoms with van der Waals surface area (Å²) in [5.41, 5.74) is 0. The number of likely N-dealkylation sites (N-methyl/N-ethyl adjacent to an activating group) is 1. The molecule has 2 aliphatic heterocycles. The van der Waals surface area contributed by atoms with E-state index in [2.05, 4.69) is 5.32 Å². The molecule has 7 nitrogen and oxygen atoms in total. The molecule has 0 bridgehead atoms. The molecule has 2 aliphatic rings. The van der Waals surface area contributed by atoms with Gasteiger partial charge in [0.2, 0.25) is 0 Å². The lowest BCUT2D eigenvalue weighted by Crippen LogP contribution is -2.54. The minimum absolute atomic E-state index is 0.0745. The molecule has 1 N–H and O–H groups in total. The summed E-state index contributed by atoms with van der Waals surface area (Å²) in [6, 6.07) is 0. The quantitative estimate of drug-likeness (QED) is 0.741. The van der Waals surface area contributed by atoms with E-state index >= 15 is 0 Å². The largest absolute Gasteiger partial charge is 0.374 e. The van der Waals surface area contributed by atoms with E-state index in [4.69, 9.17) is 9.47 Å². The van der Waals surface area contributed by atoms with Gasteiger partial charge >= 0.3 is 0 Å². The highest BCUT2D eigenvalue weighted by Crippen LogP contribution is 2.17. The van der Waals surface area contributed by atoms with Crippen molar-refractivity contribution < 1.29 is 17.9 Å². The summed E-state index contributed by atoms with van der Waals surface area (Å²) in [6.45, 7) is 7.11. The average Bonchev–Trinajstić information content (AvgIpc) is 2.38. The lowest BCUT2D eigenvalue weighted by Gasteiger charge is -2.37. The first-order valence-electron chi connectivity index (χ1n) is 7.08. The van der Waals surface area contributed by atoms with Gasteiger partial charge in [-0.1, -0.05) is 0 Å². The molecular formula is C12H25N3O4S. The number of nitrogens with zero attached hydrogens (tertiary/aromatic N) is 2. The van der Waals surface area contributed by atoms with Gasteiger partial charge in [-0.15, -0.1) is 0 Å². The molecule has 20 heavy (non-hydrogen) atoms. The van der Waals surface area contributed by atoms with E-state index in [1.165, 1.54) is 8.61 Å². The predicted molar refractivity (Wildman–Crippen MR) is 75.7 cm³/mol. The molecule has 118 valence electrons. The Labute approximate surface area is 121 Å². The van der Waals surface area contributed by atoms with Crippen LogP contribution in [-0.4, -0.2) is 81.7 Å². The Morgan fingerprint density at radius 1 is 1.30 bits per heavy atom.